The number of nitrogens with zero attached hydrogens (tertiary/aromatic N) is 8. The first-order valence-corrected chi connectivity index (χ1v) is 11.3. The van der Waals surface area contributed by atoms with Crippen LogP contribution < -0.4 is 5.32 Å². The molecule has 1 saturated carbocycles. The molecular weight excluding hydrogens is 452 g/mol. The lowest BCUT2D eigenvalue weighted by atomic mass is 9.90. The van der Waals surface area contributed by atoms with E-state index >= 15 is 0 Å². The quantitative estimate of drug-likeness (QED) is 0.443. The lowest BCUT2D eigenvalue weighted by Crippen LogP contribution is -2.29. The van der Waals surface area contributed by atoms with E-state index in [-0.39, 0.29) is 17.6 Å². The molecule has 9 nitrogen and oxygen atoms in total. The van der Waals surface area contributed by atoms with E-state index in [1.165, 1.54) is 18.6 Å². The maximum Gasteiger partial charge on any atom is 0.257 e. The molecule has 0 bridgehead atoms. The van der Waals surface area contributed by atoms with Crippen molar-refractivity contribution in [1.29, 1.82) is 10.5 Å². The summed E-state index contributed by atoms with van der Waals surface area (Å²) in [6.45, 7) is -0.527. The fourth-order valence-electron chi connectivity index (χ4n) is 4.60. The van der Waals surface area contributed by atoms with E-state index in [9.17, 15) is 19.3 Å². The molecule has 0 saturated heterocycles. The predicted molar refractivity (Wildman–Crippen MR) is 123 cm³/mol. The molecule has 0 aliphatic heterocycles. The Labute approximate surface area is 199 Å². The summed E-state index contributed by atoms with van der Waals surface area (Å²) < 4.78 is 28.6. The third-order valence-electron chi connectivity index (χ3n) is 6.22. The topological polar surface area (TPSA) is 121 Å². The number of halogens is 2. The number of hydrogen-bond acceptors (Lipinski definition) is 7. The van der Waals surface area contributed by atoms with Crippen LogP contribution in [-0.4, -0.2) is 41.8 Å². The molecule has 4 aromatic rings. The standard InChI is InChI=1S/C24H21F2N9/c25-22(26)13-34-12-17(11-31-34)23-16(9-28)10-29-24(33-23)32-18-2-1-3-19(7-18)35-14-30-20-5-4-15(8-27)6-21(20)35/h4-6,10-12,14,18-19,22H,1-3,7,13H2,(H,29,32,33)/t18-,19+/m1/s1. The van der Waals surface area contributed by atoms with Crippen LogP contribution in [0.15, 0.2) is 43.1 Å². The summed E-state index contributed by atoms with van der Waals surface area (Å²) in [4.78, 5) is 13.3. The van der Waals surface area contributed by atoms with E-state index in [4.69, 9.17) is 0 Å². The Morgan fingerprint density at radius 1 is 1.14 bits per heavy atom. The van der Waals surface area contributed by atoms with E-state index in [2.05, 4.69) is 42.1 Å². The second-order valence-corrected chi connectivity index (χ2v) is 8.54. The molecule has 1 aliphatic rings. The van der Waals surface area contributed by atoms with Crippen molar-refractivity contribution < 1.29 is 8.78 Å². The molecule has 0 amide bonds. The Balaban J connectivity index is 1.36. The van der Waals surface area contributed by atoms with E-state index < -0.39 is 13.0 Å². The van der Waals surface area contributed by atoms with Crippen molar-refractivity contribution in [2.45, 2.75) is 50.7 Å². The Morgan fingerprint density at radius 3 is 2.83 bits per heavy atom. The number of alkyl halides is 2. The van der Waals surface area contributed by atoms with Gasteiger partial charge in [0.1, 0.15) is 12.6 Å². The van der Waals surface area contributed by atoms with E-state index in [0.29, 0.717) is 22.8 Å². The van der Waals surface area contributed by atoms with Crippen molar-refractivity contribution in [3.63, 3.8) is 0 Å². The van der Waals surface area contributed by atoms with Gasteiger partial charge in [-0.05, 0) is 43.9 Å². The Morgan fingerprint density at radius 2 is 2.03 bits per heavy atom. The molecular formula is C24H21F2N9. The number of anilines is 1. The Kier molecular flexibility index (Phi) is 6.06. The molecule has 1 fully saturated rings. The van der Waals surface area contributed by atoms with Gasteiger partial charge in [0.25, 0.3) is 6.43 Å². The molecule has 1 aliphatic carbocycles. The van der Waals surface area contributed by atoms with Crippen LogP contribution in [0.1, 0.15) is 42.9 Å². The predicted octanol–water partition coefficient (Wildman–Crippen LogP) is 4.29. The summed E-state index contributed by atoms with van der Waals surface area (Å²) >= 11 is 0. The minimum atomic E-state index is -2.53. The van der Waals surface area contributed by atoms with E-state index in [1.54, 1.807) is 6.07 Å². The molecule has 0 spiro atoms. The highest BCUT2D eigenvalue weighted by atomic mass is 19.3. The van der Waals surface area contributed by atoms with Gasteiger partial charge in [-0.15, -0.1) is 0 Å². The molecule has 0 unspecified atom stereocenters. The van der Waals surface area contributed by atoms with Crippen molar-refractivity contribution in [3.8, 4) is 23.4 Å². The van der Waals surface area contributed by atoms with Crippen molar-refractivity contribution in [3.05, 3.63) is 54.2 Å². The first-order valence-electron chi connectivity index (χ1n) is 11.3. The first kappa shape index (κ1) is 22.4. The number of aromatic nitrogens is 6. The first-order chi connectivity index (χ1) is 17.0. The minimum absolute atomic E-state index is 0.0905. The summed E-state index contributed by atoms with van der Waals surface area (Å²) in [7, 11) is 0. The molecule has 1 N–H and O–H groups in total. The SMILES string of the molecule is N#Cc1ccc2ncn([C@H]3CCC[C@@H](Nc4ncc(C#N)c(-c5cnn(CC(F)F)c5)n4)C3)c2c1. The number of hydrogen-bond donors (Lipinski definition) is 1. The number of fused-ring (bicyclic) bond motifs is 1. The summed E-state index contributed by atoms with van der Waals surface area (Å²) in [6.07, 6.45) is 7.33. The largest absolute Gasteiger partial charge is 0.351 e. The van der Waals surface area contributed by atoms with Gasteiger partial charge in [0.15, 0.2) is 0 Å². The highest BCUT2D eigenvalue weighted by Gasteiger charge is 2.25. The average Bonchev–Trinajstić information content (AvgIpc) is 3.50. The summed E-state index contributed by atoms with van der Waals surface area (Å²) in [5, 5.41) is 26.1. The van der Waals surface area contributed by atoms with Gasteiger partial charge in [-0.3, -0.25) is 4.68 Å². The third-order valence-corrected chi connectivity index (χ3v) is 6.22. The second kappa shape index (κ2) is 9.47. The van der Waals surface area contributed by atoms with E-state index in [1.807, 2.05) is 18.5 Å². The van der Waals surface area contributed by atoms with Gasteiger partial charge in [-0.25, -0.2) is 23.7 Å². The van der Waals surface area contributed by atoms with Gasteiger partial charge in [0.05, 0.1) is 52.6 Å². The summed E-state index contributed by atoms with van der Waals surface area (Å²) in [5.74, 6) is 0.369. The molecule has 0 radical (unpaired) electrons. The maximum absolute atomic E-state index is 12.7. The Hall–Kier alpha value is -4.38. The molecule has 1 aromatic carbocycles. The lowest BCUT2D eigenvalue weighted by molar-refractivity contribution is 0.122. The minimum Gasteiger partial charge on any atom is -0.351 e. The molecule has 2 atom stereocenters. The van der Waals surface area contributed by atoms with Crippen LogP contribution in [0.3, 0.4) is 0 Å². The summed E-state index contributed by atoms with van der Waals surface area (Å²) in [5.41, 5.74) is 3.46. The highest BCUT2D eigenvalue weighted by Crippen LogP contribution is 2.33. The van der Waals surface area contributed by atoms with Crippen molar-refractivity contribution >= 4 is 17.0 Å². The zero-order chi connectivity index (χ0) is 24.4. The number of imidazole rings is 1. The normalized spacial score (nSPS) is 17.9. The van der Waals surface area contributed by atoms with Crippen molar-refractivity contribution in [2.24, 2.45) is 0 Å². The van der Waals surface area contributed by atoms with Gasteiger partial charge in [0.2, 0.25) is 5.95 Å². The van der Waals surface area contributed by atoms with Crippen LogP contribution >= 0.6 is 0 Å². The number of benzene rings is 1. The molecule has 3 aromatic heterocycles. The number of nitriles is 2. The van der Waals surface area contributed by atoms with Crippen LogP contribution in [0.2, 0.25) is 0 Å². The highest BCUT2D eigenvalue weighted by molar-refractivity contribution is 5.77. The number of rotatable bonds is 6. The van der Waals surface area contributed by atoms with Gasteiger partial charge in [-0.1, -0.05) is 0 Å². The molecule has 35 heavy (non-hydrogen) atoms. The van der Waals surface area contributed by atoms with Crippen LogP contribution in [0.5, 0.6) is 0 Å². The van der Waals surface area contributed by atoms with Crippen LogP contribution in [0.25, 0.3) is 22.3 Å². The molecule has 3 heterocycles. The zero-order valence-corrected chi connectivity index (χ0v) is 18.6. The monoisotopic (exact) mass is 473 g/mol. The molecule has 11 heteroatoms. The van der Waals surface area contributed by atoms with Gasteiger partial charge in [0, 0.05) is 23.8 Å². The summed E-state index contributed by atoms with van der Waals surface area (Å²) in [6, 6.07) is 10.0. The van der Waals surface area contributed by atoms with Gasteiger partial charge < -0.3 is 9.88 Å². The fourth-order valence-corrected chi connectivity index (χ4v) is 4.60. The van der Waals surface area contributed by atoms with Crippen LogP contribution in [-0.2, 0) is 6.54 Å². The second-order valence-electron chi connectivity index (χ2n) is 8.54. The van der Waals surface area contributed by atoms with Gasteiger partial charge in [-0.2, -0.15) is 15.6 Å². The van der Waals surface area contributed by atoms with Crippen LogP contribution in [0.4, 0.5) is 14.7 Å². The average molecular weight is 473 g/mol. The lowest BCUT2D eigenvalue weighted by Gasteiger charge is -2.31. The van der Waals surface area contributed by atoms with E-state index in [0.717, 1.165) is 41.4 Å². The Bertz CT molecular complexity index is 1440. The number of nitrogens with one attached hydrogen (secondary N) is 1. The zero-order valence-electron chi connectivity index (χ0n) is 18.6. The molecule has 176 valence electrons. The van der Waals surface area contributed by atoms with Crippen molar-refractivity contribution in [2.75, 3.05) is 5.32 Å². The third kappa shape index (κ3) is 4.66. The molecule has 5 rings (SSSR count). The van der Waals surface area contributed by atoms with Gasteiger partial charge >= 0.3 is 0 Å². The van der Waals surface area contributed by atoms with Crippen LogP contribution in [0, 0.1) is 22.7 Å². The smallest absolute Gasteiger partial charge is 0.257 e. The van der Waals surface area contributed by atoms with Crippen molar-refractivity contribution in [1.82, 2.24) is 29.3 Å². The fraction of sp³-hybridized carbons (Fsp3) is 0.333. The maximum atomic E-state index is 12.7.